The van der Waals surface area contributed by atoms with Crippen LogP contribution in [0.3, 0.4) is 0 Å². The number of amides is 2. The summed E-state index contributed by atoms with van der Waals surface area (Å²) in [5, 5.41) is 1.45. The molecule has 1 aromatic carbocycles. The van der Waals surface area contributed by atoms with Crippen LogP contribution in [-0.4, -0.2) is 85.7 Å². The Morgan fingerprint density at radius 1 is 1.03 bits per heavy atom. The second kappa shape index (κ2) is 10.5. The number of pyridine rings is 1. The molecule has 0 unspecified atom stereocenters. The number of urea groups is 1. The highest BCUT2D eigenvalue weighted by Gasteiger charge is 2.39. The quantitative estimate of drug-likeness (QED) is 0.568. The number of likely N-dealkylation sites (tertiary alicyclic amines) is 1. The fourth-order valence-electron chi connectivity index (χ4n) is 4.37. The fraction of sp³-hybridized carbons (Fsp3) is 0.455. The van der Waals surface area contributed by atoms with E-state index in [4.69, 9.17) is 39.5 Å². The molecular formula is C22H25Cl3N4O4S. The SMILES string of the molecule is CS(=O)(=O)N1CCN(C(=O)N2C[C@@H](COc3ccc(Cl)cn3)[C@H](c3ccc(Cl)c(Cl)c3)C2)CC1. The average molecular weight is 548 g/mol. The van der Waals surface area contributed by atoms with E-state index in [1.807, 2.05) is 12.1 Å². The second-order valence-electron chi connectivity index (χ2n) is 8.50. The van der Waals surface area contributed by atoms with Gasteiger partial charge in [0.05, 0.1) is 27.9 Å². The van der Waals surface area contributed by atoms with Crippen LogP contribution in [0.25, 0.3) is 0 Å². The average Bonchev–Trinajstić information content (AvgIpc) is 3.24. The Bertz CT molecular complexity index is 1140. The first-order valence-corrected chi connectivity index (χ1v) is 13.8. The predicted molar refractivity (Wildman–Crippen MR) is 132 cm³/mol. The summed E-state index contributed by atoms with van der Waals surface area (Å²) in [6.07, 6.45) is 2.71. The third kappa shape index (κ3) is 5.88. The van der Waals surface area contributed by atoms with E-state index in [-0.39, 0.29) is 17.9 Å². The van der Waals surface area contributed by atoms with Gasteiger partial charge in [0, 0.05) is 63.4 Å². The molecule has 12 heteroatoms. The molecule has 2 aliphatic heterocycles. The molecule has 2 aliphatic rings. The maximum atomic E-state index is 13.3. The standard InChI is InChI=1S/C22H25Cl3N4O4S/c1-34(31,32)29-8-6-27(7-9-29)22(30)28-12-16(14-33-21-5-3-17(23)11-26-21)18(13-28)15-2-4-19(24)20(25)10-15/h2-5,10-11,16,18H,6-9,12-14H2,1H3/t16-,18-/m0/s1. The molecule has 4 rings (SSSR count). The molecule has 2 fully saturated rings. The molecular weight excluding hydrogens is 523 g/mol. The fourth-order valence-corrected chi connectivity index (χ4v) is 5.61. The number of aromatic nitrogens is 1. The number of rotatable bonds is 5. The maximum absolute atomic E-state index is 13.3. The van der Waals surface area contributed by atoms with Gasteiger partial charge in [0.1, 0.15) is 0 Å². The highest BCUT2D eigenvalue weighted by atomic mass is 35.5. The largest absolute Gasteiger partial charge is 0.477 e. The molecule has 34 heavy (non-hydrogen) atoms. The highest BCUT2D eigenvalue weighted by molar-refractivity contribution is 7.88. The van der Waals surface area contributed by atoms with E-state index in [0.29, 0.717) is 66.8 Å². The van der Waals surface area contributed by atoms with Gasteiger partial charge in [-0.05, 0) is 23.8 Å². The van der Waals surface area contributed by atoms with Crippen LogP contribution >= 0.6 is 34.8 Å². The van der Waals surface area contributed by atoms with Crippen LogP contribution in [0.2, 0.25) is 15.1 Å². The third-order valence-corrected chi connectivity index (χ3v) is 8.47. The molecule has 8 nitrogen and oxygen atoms in total. The van der Waals surface area contributed by atoms with E-state index in [2.05, 4.69) is 4.98 Å². The zero-order valence-corrected chi connectivity index (χ0v) is 21.6. The van der Waals surface area contributed by atoms with E-state index in [1.165, 1.54) is 16.8 Å². The summed E-state index contributed by atoms with van der Waals surface area (Å²) in [5.41, 5.74) is 0.976. The Morgan fingerprint density at radius 2 is 1.76 bits per heavy atom. The van der Waals surface area contributed by atoms with Crippen LogP contribution in [0.4, 0.5) is 4.79 Å². The number of nitrogens with zero attached hydrogens (tertiary/aromatic N) is 4. The minimum Gasteiger partial charge on any atom is -0.477 e. The summed E-state index contributed by atoms with van der Waals surface area (Å²) in [6.45, 7) is 2.64. The summed E-state index contributed by atoms with van der Waals surface area (Å²) >= 11 is 18.3. The van der Waals surface area contributed by atoms with Crippen molar-refractivity contribution in [3.05, 3.63) is 57.2 Å². The van der Waals surface area contributed by atoms with Gasteiger partial charge in [-0.1, -0.05) is 40.9 Å². The number of hydrogen-bond donors (Lipinski definition) is 0. The number of sulfonamides is 1. The molecule has 0 aliphatic carbocycles. The molecule has 0 radical (unpaired) electrons. The zero-order chi connectivity index (χ0) is 24.5. The molecule has 0 saturated carbocycles. The van der Waals surface area contributed by atoms with Gasteiger partial charge >= 0.3 is 6.03 Å². The number of hydrogen-bond acceptors (Lipinski definition) is 5. The Balaban J connectivity index is 1.48. The first-order valence-electron chi connectivity index (χ1n) is 10.8. The van der Waals surface area contributed by atoms with Crippen LogP contribution in [0, 0.1) is 5.92 Å². The van der Waals surface area contributed by atoms with Crippen molar-refractivity contribution in [3.8, 4) is 5.88 Å². The van der Waals surface area contributed by atoms with Gasteiger partial charge < -0.3 is 14.5 Å². The maximum Gasteiger partial charge on any atom is 0.320 e. The van der Waals surface area contributed by atoms with Crippen LogP contribution in [0.15, 0.2) is 36.5 Å². The monoisotopic (exact) mass is 546 g/mol. The van der Waals surface area contributed by atoms with Gasteiger partial charge in [-0.25, -0.2) is 18.2 Å². The Morgan fingerprint density at radius 3 is 2.38 bits per heavy atom. The van der Waals surface area contributed by atoms with Crippen molar-refractivity contribution in [3.63, 3.8) is 0 Å². The minimum atomic E-state index is -3.26. The summed E-state index contributed by atoms with van der Waals surface area (Å²) in [5.74, 6) is 0.443. The van der Waals surface area contributed by atoms with Gasteiger partial charge in [0.15, 0.2) is 0 Å². The van der Waals surface area contributed by atoms with Crippen LogP contribution in [0.5, 0.6) is 5.88 Å². The predicted octanol–water partition coefficient (Wildman–Crippen LogP) is 3.83. The molecule has 1 aromatic heterocycles. The number of carbonyl (C=O) groups is 1. The molecule has 2 atom stereocenters. The number of piperazine rings is 1. The van der Waals surface area contributed by atoms with Gasteiger partial charge in [-0.15, -0.1) is 0 Å². The lowest BCUT2D eigenvalue weighted by atomic mass is 9.89. The molecule has 2 aromatic rings. The van der Waals surface area contributed by atoms with E-state index >= 15 is 0 Å². The summed E-state index contributed by atoms with van der Waals surface area (Å²) < 4.78 is 30.9. The third-order valence-electron chi connectivity index (χ3n) is 6.21. The number of halogens is 3. The van der Waals surface area contributed by atoms with Gasteiger partial charge in [-0.2, -0.15) is 4.31 Å². The van der Waals surface area contributed by atoms with Crippen molar-refractivity contribution in [1.82, 2.24) is 19.1 Å². The Hall–Kier alpha value is -1.78. The van der Waals surface area contributed by atoms with Gasteiger partial charge in [0.2, 0.25) is 15.9 Å². The summed E-state index contributed by atoms with van der Waals surface area (Å²) in [7, 11) is -3.26. The first kappa shape index (κ1) is 25.3. The molecule has 184 valence electrons. The van der Waals surface area contributed by atoms with E-state index in [1.54, 1.807) is 28.0 Å². The van der Waals surface area contributed by atoms with Crippen molar-refractivity contribution >= 4 is 50.9 Å². The van der Waals surface area contributed by atoms with E-state index in [0.717, 1.165) is 5.56 Å². The van der Waals surface area contributed by atoms with Crippen LogP contribution in [-0.2, 0) is 10.0 Å². The van der Waals surface area contributed by atoms with Crippen molar-refractivity contribution in [1.29, 1.82) is 0 Å². The molecule has 0 bridgehead atoms. The number of ether oxygens (including phenoxy) is 1. The van der Waals surface area contributed by atoms with Crippen molar-refractivity contribution in [2.24, 2.45) is 5.92 Å². The van der Waals surface area contributed by atoms with Crippen molar-refractivity contribution in [2.45, 2.75) is 5.92 Å². The van der Waals surface area contributed by atoms with Crippen LogP contribution in [0.1, 0.15) is 11.5 Å². The van der Waals surface area contributed by atoms with Gasteiger partial charge in [0.25, 0.3) is 0 Å². The lowest BCUT2D eigenvalue weighted by Crippen LogP contribution is -2.53. The first-order chi connectivity index (χ1) is 16.1. The second-order valence-corrected chi connectivity index (χ2v) is 11.7. The Kier molecular flexibility index (Phi) is 7.79. The van der Waals surface area contributed by atoms with Crippen molar-refractivity contribution in [2.75, 3.05) is 52.1 Å². The lowest BCUT2D eigenvalue weighted by Gasteiger charge is -2.35. The smallest absolute Gasteiger partial charge is 0.320 e. The molecule has 2 saturated heterocycles. The number of benzene rings is 1. The van der Waals surface area contributed by atoms with Gasteiger partial charge in [-0.3, -0.25) is 0 Å². The normalized spacial score (nSPS) is 21.6. The Labute approximate surface area is 214 Å². The summed E-state index contributed by atoms with van der Waals surface area (Å²) in [4.78, 5) is 21.0. The molecule has 0 spiro atoms. The summed E-state index contributed by atoms with van der Waals surface area (Å²) in [6, 6.07) is 8.82. The minimum absolute atomic E-state index is 0.00372. The zero-order valence-electron chi connectivity index (χ0n) is 18.5. The van der Waals surface area contributed by atoms with E-state index < -0.39 is 10.0 Å². The molecule has 0 N–H and O–H groups in total. The highest BCUT2D eigenvalue weighted by Crippen LogP contribution is 2.36. The lowest BCUT2D eigenvalue weighted by molar-refractivity contribution is 0.139. The molecule has 3 heterocycles. The number of carbonyl (C=O) groups excluding carboxylic acids is 1. The topological polar surface area (TPSA) is 83.1 Å². The molecule has 2 amide bonds. The van der Waals surface area contributed by atoms with E-state index in [9.17, 15) is 13.2 Å². The van der Waals surface area contributed by atoms with Crippen molar-refractivity contribution < 1.29 is 17.9 Å². The van der Waals surface area contributed by atoms with Crippen LogP contribution < -0.4 is 4.74 Å².